The lowest BCUT2D eigenvalue weighted by molar-refractivity contribution is 0.340. The first-order valence-corrected chi connectivity index (χ1v) is 9.03. The van der Waals surface area contributed by atoms with Gasteiger partial charge in [0.15, 0.2) is 0 Å². The van der Waals surface area contributed by atoms with Gasteiger partial charge in [-0.1, -0.05) is 50.1 Å². The highest BCUT2D eigenvalue weighted by Gasteiger charge is 2.02. The molecule has 2 aromatic carbocycles. The standard InChI is InChI=1S/C22H30O/c1-4-6-7-8-19-9-11-20(12-10-19)13-14-21-15-16-22(23-5-2)17-18(21)3/h9-12,15-17H,4-8,13-14H2,1-3H3. The maximum Gasteiger partial charge on any atom is 0.119 e. The van der Waals surface area contributed by atoms with Crippen molar-refractivity contribution in [2.45, 2.75) is 59.3 Å². The van der Waals surface area contributed by atoms with E-state index < -0.39 is 0 Å². The molecule has 0 fully saturated rings. The molecule has 0 N–H and O–H groups in total. The van der Waals surface area contributed by atoms with Crippen molar-refractivity contribution in [3.8, 4) is 5.75 Å². The molecule has 0 atom stereocenters. The molecule has 0 saturated heterocycles. The fourth-order valence-corrected chi connectivity index (χ4v) is 2.94. The minimum Gasteiger partial charge on any atom is -0.494 e. The molecule has 0 bridgehead atoms. The Morgan fingerprint density at radius 2 is 1.48 bits per heavy atom. The van der Waals surface area contributed by atoms with Crippen molar-refractivity contribution < 1.29 is 4.74 Å². The Morgan fingerprint density at radius 3 is 2.09 bits per heavy atom. The lowest BCUT2D eigenvalue weighted by atomic mass is 9.99. The van der Waals surface area contributed by atoms with Crippen molar-refractivity contribution in [3.05, 3.63) is 64.7 Å². The largest absolute Gasteiger partial charge is 0.494 e. The Labute approximate surface area is 141 Å². The van der Waals surface area contributed by atoms with Crippen LogP contribution in [0.3, 0.4) is 0 Å². The van der Waals surface area contributed by atoms with Crippen LogP contribution < -0.4 is 4.74 Å². The highest BCUT2D eigenvalue weighted by Crippen LogP contribution is 2.19. The summed E-state index contributed by atoms with van der Waals surface area (Å²) in [6.45, 7) is 7.18. The third-order valence-corrected chi connectivity index (χ3v) is 4.40. The van der Waals surface area contributed by atoms with Crippen LogP contribution in [0.5, 0.6) is 5.75 Å². The van der Waals surface area contributed by atoms with Crippen molar-refractivity contribution in [1.29, 1.82) is 0 Å². The van der Waals surface area contributed by atoms with Crippen molar-refractivity contribution in [2.75, 3.05) is 6.61 Å². The van der Waals surface area contributed by atoms with Crippen LogP contribution in [0.15, 0.2) is 42.5 Å². The second-order valence-corrected chi connectivity index (χ2v) is 6.29. The van der Waals surface area contributed by atoms with Gasteiger partial charge in [-0.05, 0) is 73.9 Å². The molecule has 0 radical (unpaired) electrons. The van der Waals surface area contributed by atoms with Gasteiger partial charge in [0.1, 0.15) is 5.75 Å². The van der Waals surface area contributed by atoms with Crippen molar-refractivity contribution in [3.63, 3.8) is 0 Å². The van der Waals surface area contributed by atoms with Crippen LogP contribution in [0, 0.1) is 6.92 Å². The van der Waals surface area contributed by atoms with E-state index in [1.165, 1.54) is 47.9 Å². The van der Waals surface area contributed by atoms with Crippen LogP contribution in [-0.4, -0.2) is 6.61 Å². The molecule has 0 unspecified atom stereocenters. The smallest absolute Gasteiger partial charge is 0.119 e. The number of aryl methyl sites for hydroxylation is 4. The maximum absolute atomic E-state index is 5.56. The zero-order chi connectivity index (χ0) is 16.5. The third kappa shape index (κ3) is 5.74. The Bertz CT molecular complexity index is 583. The fraction of sp³-hybridized carbons (Fsp3) is 0.455. The molecule has 2 aromatic rings. The van der Waals surface area contributed by atoms with E-state index in [0.29, 0.717) is 0 Å². The zero-order valence-corrected chi connectivity index (χ0v) is 14.9. The number of unbranched alkanes of at least 4 members (excludes halogenated alkanes) is 2. The Morgan fingerprint density at radius 1 is 0.783 bits per heavy atom. The zero-order valence-electron chi connectivity index (χ0n) is 14.9. The van der Waals surface area contributed by atoms with E-state index in [1.807, 2.05) is 6.92 Å². The molecular weight excluding hydrogens is 280 g/mol. The second-order valence-electron chi connectivity index (χ2n) is 6.29. The summed E-state index contributed by atoms with van der Waals surface area (Å²) in [5.74, 6) is 0.977. The number of hydrogen-bond acceptors (Lipinski definition) is 1. The first kappa shape index (κ1) is 17.6. The van der Waals surface area contributed by atoms with Crippen molar-refractivity contribution in [1.82, 2.24) is 0 Å². The van der Waals surface area contributed by atoms with Gasteiger partial charge in [0.25, 0.3) is 0 Å². The Balaban J connectivity index is 1.88. The summed E-state index contributed by atoms with van der Waals surface area (Å²) in [7, 11) is 0. The SMILES string of the molecule is CCCCCc1ccc(CCc2ccc(OCC)cc2C)cc1. The van der Waals surface area contributed by atoms with Crippen molar-refractivity contribution in [2.24, 2.45) is 0 Å². The topological polar surface area (TPSA) is 9.23 Å². The second kappa shape index (κ2) is 9.39. The average molecular weight is 310 g/mol. The van der Waals surface area contributed by atoms with E-state index in [4.69, 9.17) is 4.74 Å². The minimum absolute atomic E-state index is 0.726. The van der Waals surface area contributed by atoms with Crippen LogP contribution in [0.4, 0.5) is 0 Å². The van der Waals surface area contributed by atoms with E-state index in [9.17, 15) is 0 Å². The van der Waals surface area contributed by atoms with Crippen LogP contribution in [-0.2, 0) is 19.3 Å². The molecule has 124 valence electrons. The summed E-state index contributed by atoms with van der Waals surface area (Å²) in [6.07, 6.45) is 7.34. The van der Waals surface area contributed by atoms with E-state index in [1.54, 1.807) is 0 Å². The van der Waals surface area contributed by atoms with Crippen LogP contribution in [0.25, 0.3) is 0 Å². The summed E-state index contributed by atoms with van der Waals surface area (Å²) in [4.78, 5) is 0. The van der Waals surface area contributed by atoms with Gasteiger partial charge in [-0.25, -0.2) is 0 Å². The van der Waals surface area contributed by atoms with Gasteiger partial charge < -0.3 is 4.74 Å². The minimum atomic E-state index is 0.726. The lowest BCUT2D eigenvalue weighted by Crippen LogP contribution is -1.97. The van der Waals surface area contributed by atoms with Crippen molar-refractivity contribution >= 4 is 0 Å². The molecule has 0 heterocycles. The van der Waals surface area contributed by atoms with E-state index >= 15 is 0 Å². The number of benzene rings is 2. The van der Waals surface area contributed by atoms with Gasteiger partial charge in [0.05, 0.1) is 6.61 Å². The molecule has 1 nitrogen and oxygen atoms in total. The molecular formula is C22H30O. The summed E-state index contributed by atoms with van der Waals surface area (Å²) >= 11 is 0. The first-order valence-electron chi connectivity index (χ1n) is 9.03. The molecule has 0 spiro atoms. The molecule has 23 heavy (non-hydrogen) atoms. The first-order chi connectivity index (χ1) is 11.2. The predicted molar refractivity (Wildman–Crippen MR) is 99.4 cm³/mol. The molecule has 1 heteroatoms. The van der Waals surface area contributed by atoms with Crippen LogP contribution in [0.2, 0.25) is 0 Å². The van der Waals surface area contributed by atoms with Crippen LogP contribution in [0.1, 0.15) is 55.4 Å². The molecule has 0 aliphatic heterocycles. The summed E-state index contributed by atoms with van der Waals surface area (Å²) < 4.78 is 5.56. The summed E-state index contributed by atoms with van der Waals surface area (Å²) in [5.41, 5.74) is 5.64. The predicted octanol–water partition coefficient (Wildman–Crippen LogP) is 5.91. The maximum atomic E-state index is 5.56. The Hall–Kier alpha value is -1.76. The van der Waals surface area contributed by atoms with Gasteiger partial charge >= 0.3 is 0 Å². The Kier molecular flexibility index (Phi) is 7.19. The number of ether oxygens (including phenoxy) is 1. The highest BCUT2D eigenvalue weighted by molar-refractivity contribution is 5.35. The normalized spacial score (nSPS) is 10.7. The highest BCUT2D eigenvalue weighted by atomic mass is 16.5. The average Bonchev–Trinajstić information content (AvgIpc) is 2.56. The molecule has 0 saturated carbocycles. The van der Waals surface area contributed by atoms with Gasteiger partial charge in [0.2, 0.25) is 0 Å². The lowest BCUT2D eigenvalue weighted by Gasteiger charge is -2.10. The summed E-state index contributed by atoms with van der Waals surface area (Å²) in [6, 6.07) is 15.6. The van der Waals surface area contributed by atoms with Gasteiger partial charge in [-0.3, -0.25) is 0 Å². The van der Waals surface area contributed by atoms with Gasteiger partial charge in [-0.2, -0.15) is 0 Å². The van der Waals surface area contributed by atoms with E-state index in [-0.39, 0.29) is 0 Å². The van der Waals surface area contributed by atoms with E-state index in [0.717, 1.165) is 25.2 Å². The number of hydrogen-bond donors (Lipinski definition) is 0. The van der Waals surface area contributed by atoms with Gasteiger partial charge in [-0.15, -0.1) is 0 Å². The summed E-state index contributed by atoms with van der Waals surface area (Å²) in [5, 5.41) is 0. The third-order valence-electron chi connectivity index (χ3n) is 4.40. The molecule has 0 aromatic heterocycles. The quantitative estimate of drug-likeness (QED) is 0.523. The molecule has 0 aliphatic carbocycles. The van der Waals surface area contributed by atoms with Crippen LogP contribution >= 0.6 is 0 Å². The molecule has 0 amide bonds. The molecule has 2 rings (SSSR count). The number of rotatable bonds is 9. The fourth-order valence-electron chi connectivity index (χ4n) is 2.94. The molecule has 0 aliphatic rings. The monoisotopic (exact) mass is 310 g/mol. The van der Waals surface area contributed by atoms with Gasteiger partial charge in [0, 0.05) is 0 Å². The van der Waals surface area contributed by atoms with E-state index in [2.05, 4.69) is 56.3 Å².